The summed E-state index contributed by atoms with van der Waals surface area (Å²) in [6, 6.07) is 3.32. The summed E-state index contributed by atoms with van der Waals surface area (Å²) in [6.45, 7) is 1.73. The Balaban J connectivity index is 2.39. The summed E-state index contributed by atoms with van der Waals surface area (Å²) in [5.41, 5.74) is 0.405. The molecule has 0 radical (unpaired) electrons. The number of nitrogens with one attached hydrogen (secondary N) is 1. The second kappa shape index (κ2) is 5.26. The lowest BCUT2D eigenvalue weighted by atomic mass is 10.1. The van der Waals surface area contributed by atoms with Crippen LogP contribution in [0.5, 0.6) is 5.75 Å². The molecule has 1 N–H and O–H groups in total. The third-order valence-electron chi connectivity index (χ3n) is 3.04. The SMILES string of the molecule is CCC1NC(=O)CN(c2ccc(F)cc2OC)C1=O. The quantitative estimate of drug-likeness (QED) is 0.890. The van der Waals surface area contributed by atoms with Crippen molar-refractivity contribution in [2.75, 3.05) is 18.6 Å². The summed E-state index contributed by atoms with van der Waals surface area (Å²) in [4.78, 5) is 25.2. The van der Waals surface area contributed by atoms with Crippen LogP contribution in [0, 0.1) is 5.82 Å². The Morgan fingerprint density at radius 2 is 2.21 bits per heavy atom. The number of hydrogen-bond donors (Lipinski definition) is 1. The number of ether oxygens (including phenoxy) is 1. The van der Waals surface area contributed by atoms with E-state index in [2.05, 4.69) is 5.32 Å². The molecule has 0 saturated carbocycles. The number of anilines is 1. The second-order valence-electron chi connectivity index (χ2n) is 4.27. The Labute approximate surface area is 110 Å². The van der Waals surface area contributed by atoms with Crippen molar-refractivity contribution in [3.05, 3.63) is 24.0 Å². The molecule has 0 aliphatic carbocycles. The van der Waals surface area contributed by atoms with Gasteiger partial charge in [0.2, 0.25) is 11.8 Å². The molecule has 0 aromatic heterocycles. The van der Waals surface area contributed by atoms with Crippen LogP contribution >= 0.6 is 0 Å². The van der Waals surface area contributed by atoms with Crippen molar-refractivity contribution >= 4 is 17.5 Å². The van der Waals surface area contributed by atoms with Gasteiger partial charge in [-0.05, 0) is 18.6 Å². The minimum Gasteiger partial charge on any atom is -0.494 e. The van der Waals surface area contributed by atoms with E-state index in [1.54, 1.807) is 0 Å². The highest BCUT2D eigenvalue weighted by Crippen LogP contribution is 2.30. The first-order valence-corrected chi connectivity index (χ1v) is 6.01. The molecule has 1 atom stereocenters. The molecule has 1 aliphatic heterocycles. The fourth-order valence-electron chi connectivity index (χ4n) is 2.07. The first-order valence-electron chi connectivity index (χ1n) is 6.01. The average molecular weight is 266 g/mol. The molecule has 0 spiro atoms. The molecule has 1 fully saturated rings. The maximum absolute atomic E-state index is 13.2. The Morgan fingerprint density at radius 3 is 2.84 bits per heavy atom. The van der Waals surface area contributed by atoms with Crippen molar-refractivity contribution in [3.8, 4) is 5.75 Å². The first kappa shape index (κ1) is 13.3. The van der Waals surface area contributed by atoms with Crippen molar-refractivity contribution in [3.63, 3.8) is 0 Å². The van der Waals surface area contributed by atoms with Gasteiger partial charge in [0, 0.05) is 6.07 Å². The number of amides is 2. The van der Waals surface area contributed by atoms with Gasteiger partial charge in [0.1, 0.15) is 24.2 Å². The van der Waals surface area contributed by atoms with Crippen molar-refractivity contribution in [1.82, 2.24) is 5.32 Å². The highest BCUT2D eigenvalue weighted by Gasteiger charge is 2.33. The highest BCUT2D eigenvalue weighted by atomic mass is 19.1. The van der Waals surface area contributed by atoms with Gasteiger partial charge in [-0.25, -0.2) is 4.39 Å². The lowest BCUT2D eigenvalue weighted by molar-refractivity contribution is -0.131. The largest absolute Gasteiger partial charge is 0.494 e. The summed E-state index contributed by atoms with van der Waals surface area (Å²) in [7, 11) is 1.39. The van der Waals surface area contributed by atoms with Gasteiger partial charge in [-0.1, -0.05) is 6.92 Å². The number of benzene rings is 1. The number of carbonyl (C=O) groups is 2. The molecule has 5 nitrogen and oxygen atoms in total. The van der Waals surface area contributed by atoms with E-state index < -0.39 is 11.9 Å². The number of hydrogen-bond acceptors (Lipinski definition) is 3. The van der Waals surface area contributed by atoms with E-state index >= 15 is 0 Å². The van der Waals surface area contributed by atoms with Crippen LogP contribution in [0.1, 0.15) is 13.3 Å². The zero-order chi connectivity index (χ0) is 14.0. The molecule has 1 aromatic rings. The molecule has 6 heteroatoms. The molecule has 1 heterocycles. The van der Waals surface area contributed by atoms with Gasteiger partial charge in [0.05, 0.1) is 12.8 Å². The Morgan fingerprint density at radius 1 is 1.47 bits per heavy atom. The maximum atomic E-state index is 13.2. The predicted molar refractivity (Wildman–Crippen MR) is 67.5 cm³/mol. The van der Waals surface area contributed by atoms with Gasteiger partial charge in [0.25, 0.3) is 0 Å². The molecule has 19 heavy (non-hydrogen) atoms. The van der Waals surface area contributed by atoms with E-state index in [0.29, 0.717) is 12.1 Å². The van der Waals surface area contributed by atoms with Gasteiger partial charge in [-0.15, -0.1) is 0 Å². The van der Waals surface area contributed by atoms with Crippen LogP contribution in [-0.4, -0.2) is 31.5 Å². The fraction of sp³-hybridized carbons (Fsp3) is 0.385. The molecule has 1 saturated heterocycles. The van der Waals surface area contributed by atoms with Gasteiger partial charge >= 0.3 is 0 Å². The lowest BCUT2D eigenvalue weighted by Crippen LogP contribution is -2.58. The fourth-order valence-corrected chi connectivity index (χ4v) is 2.07. The molecule has 1 aromatic carbocycles. The van der Waals surface area contributed by atoms with Crippen molar-refractivity contribution in [2.24, 2.45) is 0 Å². The van der Waals surface area contributed by atoms with E-state index in [1.165, 1.54) is 30.2 Å². The van der Waals surface area contributed by atoms with Crippen LogP contribution < -0.4 is 15.0 Å². The van der Waals surface area contributed by atoms with Crippen molar-refractivity contribution < 1.29 is 18.7 Å². The minimum absolute atomic E-state index is 0.0860. The van der Waals surface area contributed by atoms with Gasteiger partial charge in [-0.3, -0.25) is 14.5 Å². The molecule has 2 rings (SSSR count). The van der Waals surface area contributed by atoms with Gasteiger partial charge in [-0.2, -0.15) is 0 Å². The average Bonchev–Trinajstić information content (AvgIpc) is 2.41. The van der Waals surface area contributed by atoms with E-state index in [4.69, 9.17) is 4.74 Å². The van der Waals surface area contributed by atoms with E-state index in [9.17, 15) is 14.0 Å². The summed E-state index contributed by atoms with van der Waals surface area (Å²) in [5.74, 6) is -0.677. The molecular formula is C13H15FN2O3. The van der Waals surface area contributed by atoms with E-state index in [1.807, 2.05) is 6.92 Å². The lowest BCUT2D eigenvalue weighted by Gasteiger charge is -2.32. The van der Waals surface area contributed by atoms with Crippen LogP contribution in [0.3, 0.4) is 0 Å². The Hall–Kier alpha value is -2.11. The molecule has 1 aliphatic rings. The number of piperazine rings is 1. The zero-order valence-corrected chi connectivity index (χ0v) is 10.8. The zero-order valence-electron chi connectivity index (χ0n) is 10.8. The normalized spacial score (nSPS) is 19.3. The predicted octanol–water partition coefficient (Wildman–Crippen LogP) is 1.08. The third kappa shape index (κ3) is 2.52. The maximum Gasteiger partial charge on any atom is 0.250 e. The first-order chi connectivity index (χ1) is 9.06. The number of methoxy groups -OCH3 is 1. The monoisotopic (exact) mass is 266 g/mol. The number of rotatable bonds is 3. The molecule has 2 amide bonds. The summed E-state index contributed by atoms with van der Waals surface area (Å²) in [5, 5.41) is 2.62. The topological polar surface area (TPSA) is 58.6 Å². The smallest absolute Gasteiger partial charge is 0.250 e. The number of halogens is 1. The summed E-state index contributed by atoms with van der Waals surface area (Å²) < 4.78 is 18.2. The van der Waals surface area contributed by atoms with Crippen LogP contribution in [0.2, 0.25) is 0 Å². The highest BCUT2D eigenvalue weighted by molar-refractivity contribution is 6.07. The van der Waals surface area contributed by atoms with Crippen molar-refractivity contribution in [2.45, 2.75) is 19.4 Å². The van der Waals surface area contributed by atoms with Crippen LogP contribution in [0.4, 0.5) is 10.1 Å². The second-order valence-corrected chi connectivity index (χ2v) is 4.27. The Bertz CT molecular complexity index is 519. The number of nitrogens with zero attached hydrogens (tertiary/aromatic N) is 1. The summed E-state index contributed by atoms with van der Waals surface area (Å²) >= 11 is 0. The van der Waals surface area contributed by atoms with Crippen molar-refractivity contribution in [1.29, 1.82) is 0 Å². The Kier molecular flexibility index (Phi) is 3.69. The molecule has 102 valence electrons. The molecular weight excluding hydrogens is 251 g/mol. The summed E-state index contributed by atoms with van der Waals surface area (Å²) in [6.07, 6.45) is 0.505. The standard InChI is InChI=1S/C13H15FN2O3/c1-3-9-13(18)16(7-12(17)15-9)10-5-4-8(14)6-11(10)19-2/h4-6,9H,3,7H2,1-2H3,(H,15,17). The van der Waals surface area contributed by atoms with Crippen LogP contribution in [-0.2, 0) is 9.59 Å². The third-order valence-corrected chi connectivity index (χ3v) is 3.04. The van der Waals surface area contributed by atoms with Gasteiger partial charge < -0.3 is 10.1 Å². The van der Waals surface area contributed by atoms with Crippen LogP contribution in [0.15, 0.2) is 18.2 Å². The van der Waals surface area contributed by atoms with E-state index in [-0.39, 0.29) is 24.1 Å². The van der Waals surface area contributed by atoms with Crippen LogP contribution in [0.25, 0.3) is 0 Å². The number of carbonyl (C=O) groups excluding carboxylic acids is 2. The van der Waals surface area contributed by atoms with E-state index in [0.717, 1.165) is 0 Å². The van der Waals surface area contributed by atoms with Gasteiger partial charge in [0.15, 0.2) is 0 Å². The molecule has 0 bridgehead atoms. The molecule has 1 unspecified atom stereocenters. The minimum atomic E-state index is -0.545.